The zero-order valence-corrected chi connectivity index (χ0v) is 17.3. The van der Waals surface area contributed by atoms with Crippen molar-refractivity contribution in [2.45, 2.75) is 25.7 Å². The Morgan fingerprint density at radius 2 is 1.97 bits per heavy atom. The fraction of sp³-hybridized carbons (Fsp3) is 0.421. The SMILES string of the molecule is O=C(NCC1CCOCC1)c1cnc(Nc2cc(Br)cc(CF)c2)nc1C(F)(F)F. The third-order valence-corrected chi connectivity index (χ3v) is 5.02. The van der Waals surface area contributed by atoms with Crippen molar-refractivity contribution in [1.82, 2.24) is 15.3 Å². The number of carbonyl (C=O) groups excluding carboxylic acids is 1. The molecule has 1 saturated heterocycles. The maximum atomic E-state index is 13.5. The third kappa shape index (κ3) is 5.88. The summed E-state index contributed by atoms with van der Waals surface area (Å²) < 4.78 is 59.3. The van der Waals surface area contributed by atoms with E-state index < -0.39 is 30.0 Å². The van der Waals surface area contributed by atoms with Gasteiger partial charge in [0.25, 0.3) is 5.91 Å². The Morgan fingerprint density at radius 3 is 2.63 bits per heavy atom. The van der Waals surface area contributed by atoms with E-state index in [-0.39, 0.29) is 18.4 Å². The lowest BCUT2D eigenvalue weighted by Crippen LogP contribution is -2.33. The second kappa shape index (κ2) is 9.69. The van der Waals surface area contributed by atoms with Crippen molar-refractivity contribution in [3.63, 3.8) is 0 Å². The van der Waals surface area contributed by atoms with E-state index in [2.05, 4.69) is 36.5 Å². The Labute approximate surface area is 178 Å². The van der Waals surface area contributed by atoms with Gasteiger partial charge in [0, 0.05) is 36.1 Å². The summed E-state index contributed by atoms with van der Waals surface area (Å²) >= 11 is 3.21. The normalized spacial score (nSPS) is 15.1. The Bertz CT molecular complexity index is 905. The number of amides is 1. The molecule has 1 aromatic heterocycles. The first-order valence-corrected chi connectivity index (χ1v) is 9.98. The predicted octanol–water partition coefficient (Wildman–Crippen LogP) is 4.63. The van der Waals surface area contributed by atoms with Crippen molar-refractivity contribution in [2.75, 3.05) is 25.1 Å². The zero-order valence-electron chi connectivity index (χ0n) is 15.7. The zero-order chi connectivity index (χ0) is 21.7. The van der Waals surface area contributed by atoms with Crippen LogP contribution in [0, 0.1) is 5.92 Å². The van der Waals surface area contributed by atoms with E-state index in [0.717, 1.165) is 19.0 Å². The molecular weight excluding hydrogens is 472 g/mol. The van der Waals surface area contributed by atoms with E-state index in [4.69, 9.17) is 4.74 Å². The molecule has 0 spiro atoms. The van der Waals surface area contributed by atoms with Gasteiger partial charge in [-0.15, -0.1) is 0 Å². The molecule has 2 aromatic rings. The van der Waals surface area contributed by atoms with Gasteiger partial charge in [-0.25, -0.2) is 14.4 Å². The number of nitrogens with zero attached hydrogens (tertiary/aromatic N) is 2. The number of aromatic nitrogens is 2. The number of benzene rings is 1. The number of hydrogen-bond acceptors (Lipinski definition) is 5. The van der Waals surface area contributed by atoms with Gasteiger partial charge in [0.1, 0.15) is 6.67 Å². The molecule has 0 aliphatic carbocycles. The molecule has 30 heavy (non-hydrogen) atoms. The van der Waals surface area contributed by atoms with Gasteiger partial charge < -0.3 is 15.4 Å². The number of nitrogens with one attached hydrogen (secondary N) is 2. The fourth-order valence-electron chi connectivity index (χ4n) is 3.04. The van der Waals surface area contributed by atoms with Crippen LogP contribution in [0.2, 0.25) is 0 Å². The topological polar surface area (TPSA) is 76.1 Å². The minimum Gasteiger partial charge on any atom is -0.381 e. The van der Waals surface area contributed by atoms with E-state index in [1.807, 2.05) is 0 Å². The maximum Gasteiger partial charge on any atom is 0.434 e. The summed E-state index contributed by atoms with van der Waals surface area (Å²) in [6, 6.07) is 4.51. The number of alkyl halides is 4. The average molecular weight is 491 g/mol. The fourth-order valence-corrected chi connectivity index (χ4v) is 3.58. The highest BCUT2D eigenvalue weighted by atomic mass is 79.9. The molecule has 1 fully saturated rings. The molecule has 1 aromatic carbocycles. The van der Waals surface area contributed by atoms with Crippen LogP contribution < -0.4 is 10.6 Å². The number of anilines is 2. The largest absolute Gasteiger partial charge is 0.434 e. The molecule has 1 aliphatic heterocycles. The molecule has 0 unspecified atom stereocenters. The van der Waals surface area contributed by atoms with Crippen LogP contribution in [0.25, 0.3) is 0 Å². The molecule has 162 valence electrons. The molecular formula is C19H19BrF4N4O2. The van der Waals surface area contributed by atoms with Crippen molar-refractivity contribution in [3.05, 3.63) is 45.7 Å². The van der Waals surface area contributed by atoms with Crippen LogP contribution >= 0.6 is 15.9 Å². The Kier molecular flexibility index (Phi) is 7.24. The number of hydrogen-bond donors (Lipinski definition) is 2. The summed E-state index contributed by atoms with van der Waals surface area (Å²) in [5, 5.41) is 5.15. The second-order valence-corrected chi connectivity index (χ2v) is 7.74. The van der Waals surface area contributed by atoms with Crippen LogP contribution in [-0.4, -0.2) is 35.6 Å². The van der Waals surface area contributed by atoms with Crippen molar-refractivity contribution < 1.29 is 27.1 Å². The second-order valence-electron chi connectivity index (χ2n) is 6.83. The minimum absolute atomic E-state index is 0.153. The molecule has 2 N–H and O–H groups in total. The summed E-state index contributed by atoms with van der Waals surface area (Å²) in [6.45, 7) is 0.646. The maximum absolute atomic E-state index is 13.5. The van der Waals surface area contributed by atoms with Gasteiger partial charge in [-0.2, -0.15) is 13.2 Å². The Morgan fingerprint density at radius 1 is 1.23 bits per heavy atom. The number of ether oxygens (including phenoxy) is 1. The van der Waals surface area contributed by atoms with E-state index >= 15 is 0 Å². The van der Waals surface area contributed by atoms with Crippen molar-refractivity contribution in [2.24, 2.45) is 5.92 Å². The molecule has 1 aliphatic rings. The van der Waals surface area contributed by atoms with Gasteiger partial charge >= 0.3 is 6.18 Å². The molecule has 0 bridgehead atoms. The standard InChI is InChI=1S/C19H19BrF4N4O2/c20-13-5-12(8-21)6-14(7-13)27-18-26-10-15(16(28-18)19(22,23)24)17(29)25-9-11-1-3-30-4-2-11/h5-7,10-11H,1-4,8-9H2,(H,25,29)(H,26,27,28). The first kappa shape index (κ1) is 22.4. The summed E-state index contributed by atoms with van der Waals surface area (Å²) in [6.07, 6.45) is -2.55. The van der Waals surface area contributed by atoms with Crippen LogP contribution in [0.1, 0.15) is 34.5 Å². The van der Waals surface area contributed by atoms with Gasteiger partial charge in [0.15, 0.2) is 5.69 Å². The lowest BCUT2D eigenvalue weighted by atomic mass is 10.0. The van der Waals surface area contributed by atoms with E-state index in [9.17, 15) is 22.4 Å². The van der Waals surface area contributed by atoms with Gasteiger partial charge in [0.05, 0.1) is 5.56 Å². The van der Waals surface area contributed by atoms with Crippen molar-refractivity contribution >= 4 is 33.5 Å². The third-order valence-electron chi connectivity index (χ3n) is 4.56. The first-order valence-electron chi connectivity index (χ1n) is 9.19. The average Bonchev–Trinajstić information content (AvgIpc) is 2.71. The number of carbonyl (C=O) groups is 1. The highest BCUT2D eigenvalue weighted by Crippen LogP contribution is 2.31. The molecule has 0 saturated carbocycles. The van der Waals surface area contributed by atoms with Crippen LogP contribution in [0.4, 0.5) is 29.2 Å². The molecule has 0 radical (unpaired) electrons. The highest BCUT2D eigenvalue weighted by molar-refractivity contribution is 9.10. The van der Waals surface area contributed by atoms with Crippen LogP contribution in [0.5, 0.6) is 0 Å². The van der Waals surface area contributed by atoms with E-state index in [1.54, 1.807) is 12.1 Å². The van der Waals surface area contributed by atoms with Crippen molar-refractivity contribution in [3.8, 4) is 0 Å². The molecule has 6 nitrogen and oxygen atoms in total. The molecule has 11 heteroatoms. The number of rotatable bonds is 6. The van der Waals surface area contributed by atoms with Crippen molar-refractivity contribution in [1.29, 1.82) is 0 Å². The highest BCUT2D eigenvalue weighted by Gasteiger charge is 2.38. The Hall–Kier alpha value is -2.27. The van der Waals surface area contributed by atoms with Gasteiger partial charge in [-0.05, 0) is 42.5 Å². The predicted molar refractivity (Wildman–Crippen MR) is 105 cm³/mol. The summed E-state index contributed by atoms with van der Waals surface area (Å²) in [7, 11) is 0. The summed E-state index contributed by atoms with van der Waals surface area (Å²) in [4.78, 5) is 19.7. The summed E-state index contributed by atoms with van der Waals surface area (Å²) in [5.74, 6) is -1.09. The first-order chi connectivity index (χ1) is 14.3. The number of halogens is 5. The van der Waals surface area contributed by atoms with Gasteiger partial charge in [-0.3, -0.25) is 4.79 Å². The molecule has 0 atom stereocenters. The van der Waals surface area contributed by atoms with E-state index in [1.165, 1.54) is 6.07 Å². The van der Waals surface area contributed by atoms with Gasteiger partial charge in [-0.1, -0.05) is 15.9 Å². The van der Waals surface area contributed by atoms with Gasteiger partial charge in [0.2, 0.25) is 5.95 Å². The van der Waals surface area contributed by atoms with E-state index in [0.29, 0.717) is 28.9 Å². The summed E-state index contributed by atoms with van der Waals surface area (Å²) in [5.41, 5.74) is -1.36. The Balaban J connectivity index is 1.79. The lowest BCUT2D eigenvalue weighted by Gasteiger charge is -2.22. The lowest BCUT2D eigenvalue weighted by molar-refractivity contribution is -0.141. The molecule has 1 amide bonds. The molecule has 3 rings (SSSR count). The quantitative estimate of drug-likeness (QED) is 0.577. The van der Waals surface area contributed by atoms with Crippen LogP contribution in [0.15, 0.2) is 28.9 Å². The van der Waals surface area contributed by atoms with Crippen LogP contribution in [0.3, 0.4) is 0 Å². The monoisotopic (exact) mass is 490 g/mol. The molecule has 2 heterocycles. The smallest absolute Gasteiger partial charge is 0.381 e. The van der Waals surface area contributed by atoms with Crippen LogP contribution in [-0.2, 0) is 17.6 Å². The minimum atomic E-state index is -4.86.